The maximum atomic E-state index is 13.7. The number of pyridine rings is 1. The molecule has 1 fully saturated rings. The zero-order valence-electron chi connectivity index (χ0n) is 19.1. The molecule has 0 bridgehead atoms. The number of benzene rings is 2. The molecule has 35 heavy (non-hydrogen) atoms. The van der Waals surface area contributed by atoms with Gasteiger partial charge in [-0.3, -0.25) is 4.98 Å². The van der Waals surface area contributed by atoms with Gasteiger partial charge in [-0.15, -0.1) is 0 Å². The average Bonchev–Trinajstić information content (AvgIpc) is 3.39. The second kappa shape index (κ2) is 9.78. The van der Waals surface area contributed by atoms with Gasteiger partial charge in [0.2, 0.25) is 0 Å². The number of hydrogen-bond donors (Lipinski definition) is 3. The van der Waals surface area contributed by atoms with Crippen LogP contribution in [-0.4, -0.2) is 53.1 Å². The molecule has 2 aromatic carbocycles. The topological polar surface area (TPSA) is 95.9 Å². The molecule has 3 heterocycles. The van der Waals surface area contributed by atoms with E-state index in [2.05, 4.69) is 54.6 Å². The molecule has 10 heteroatoms. The summed E-state index contributed by atoms with van der Waals surface area (Å²) in [6, 6.07) is 10.7. The van der Waals surface area contributed by atoms with Crippen LogP contribution in [0.2, 0.25) is 5.02 Å². The summed E-state index contributed by atoms with van der Waals surface area (Å²) in [4.78, 5) is 16.4. The second-order valence-corrected chi connectivity index (χ2v) is 8.93. The lowest BCUT2D eigenvalue weighted by atomic mass is 10.1. The van der Waals surface area contributed by atoms with Crippen LogP contribution < -0.4 is 15.5 Å². The van der Waals surface area contributed by atoms with Crippen molar-refractivity contribution in [3.05, 3.63) is 71.2 Å². The Bertz CT molecular complexity index is 1390. The summed E-state index contributed by atoms with van der Waals surface area (Å²) < 4.78 is 13.7. The van der Waals surface area contributed by atoms with Gasteiger partial charge in [-0.25, -0.2) is 9.37 Å². The van der Waals surface area contributed by atoms with Crippen LogP contribution in [0.25, 0.3) is 10.9 Å². The fraction of sp³-hybridized carbons (Fsp3) is 0.240. The fourth-order valence-corrected chi connectivity index (χ4v) is 4.37. The summed E-state index contributed by atoms with van der Waals surface area (Å²) in [6.45, 7) is 4.30. The average molecular weight is 491 g/mol. The van der Waals surface area contributed by atoms with Crippen molar-refractivity contribution in [2.75, 3.05) is 48.8 Å². The largest absolute Gasteiger partial charge is 0.378 e. The first-order chi connectivity index (χ1) is 17.0. The Labute approximate surface area is 207 Å². The third kappa shape index (κ3) is 4.85. The van der Waals surface area contributed by atoms with Crippen LogP contribution in [0, 0.1) is 17.1 Å². The van der Waals surface area contributed by atoms with Crippen molar-refractivity contribution in [2.45, 2.75) is 6.54 Å². The predicted molar refractivity (Wildman–Crippen MR) is 137 cm³/mol. The number of rotatable bonds is 6. The molecule has 1 aliphatic heterocycles. The monoisotopic (exact) mass is 490 g/mol. The van der Waals surface area contributed by atoms with Crippen molar-refractivity contribution >= 4 is 45.3 Å². The second-order valence-electron chi connectivity index (χ2n) is 8.52. The van der Waals surface area contributed by atoms with E-state index in [-0.39, 0.29) is 5.02 Å². The third-order valence-corrected chi connectivity index (χ3v) is 6.45. The van der Waals surface area contributed by atoms with E-state index in [1.165, 1.54) is 12.1 Å². The Morgan fingerprint density at radius 2 is 2.00 bits per heavy atom. The molecule has 8 nitrogen and oxygen atoms in total. The number of nitrogens with zero attached hydrogens (tertiary/aromatic N) is 5. The normalized spacial score (nSPS) is 14.2. The van der Waals surface area contributed by atoms with Crippen LogP contribution >= 0.6 is 11.6 Å². The first-order valence-electron chi connectivity index (χ1n) is 11.3. The van der Waals surface area contributed by atoms with Gasteiger partial charge in [0, 0.05) is 49.6 Å². The maximum Gasteiger partial charge on any atom is 0.141 e. The van der Waals surface area contributed by atoms with Crippen molar-refractivity contribution in [2.24, 2.45) is 0 Å². The first kappa shape index (κ1) is 22.9. The molecule has 0 amide bonds. The van der Waals surface area contributed by atoms with E-state index < -0.39 is 5.82 Å². The summed E-state index contributed by atoms with van der Waals surface area (Å²) in [5.74, 6) is -0.501. The number of nitrogens with one attached hydrogen (secondary N) is 3. The van der Waals surface area contributed by atoms with Gasteiger partial charge in [0.15, 0.2) is 0 Å². The predicted octanol–water partition coefficient (Wildman–Crippen LogP) is 4.73. The molecule has 178 valence electrons. The summed E-state index contributed by atoms with van der Waals surface area (Å²) in [7, 11) is 2.12. The fourth-order valence-electron chi connectivity index (χ4n) is 4.19. The number of aromatic nitrogens is 3. The molecule has 0 spiro atoms. The number of nitriles is 1. The summed E-state index contributed by atoms with van der Waals surface area (Å²) in [6.07, 6.45) is 4.99. The van der Waals surface area contributed by atoms with Crippen molar-refractivity contribution in [3.63, 3.8) is 0 Å². The van der Waals surface area contributed by atoms with Gasteiger partial charge in [-0.05, 0) is 37.4 Å². The van der Waals surface area contributed by atoms with E-state index in [9.17, 15) is 9.65 Å². The smallest absolute Gasteiger partial charge is 0.141 e. The first-order valence-corrected chi connectivity index (χ1v) is 11.6. The van der Waals surface area contributed by atoms with Crippen LogP contribution in [0.5, 0.6) is 0 Å². The van der Waals surface area contributed by atoms with E-state index in [4.69, 9.17) is 11.6 Å². The number of H-pyrrole nitrogens is 1. The van der Waals surface area contributed by atoms with E-state index in [0.29, 0.717) is 23.5 Å². The Morgan fingerprint density at radius 1 is 1.17 bits per heavy atom. The highest BCUT2D eigenvalue weighted by molar-refractivity contribution is 6.31. The summed E-state index contributed by atoms with van der Waals surface area (Å²) in [5, 5.41) is 17.3. The molecule has 2 aromatic heterocycles. The number of hydrogen-bond acceptors (Lipinski definition) is 7. The molecule has 1 saturated heterocycles. The van der Waals surface area contributed by atoms with Crippen LogP contribution in [-0.2, 0) is 6.54 Å². The number of fused-ring (bicyclic) bond motifs is 1. The highest BCUT2D eigenvalue weighted by atomic mass is 35.5. The van der Waals surface area contributed by atoms with Crippen LogP contribution in [0.15, 0.2) is 49.1 Å². The van der Waals surface area contributed by atoms with E-state index in [1.807, 2.05) is 6.07 Å². The lowest BCUT2D eigenvalue weighted by Crippen LogP contribution is -2.44. The molecule has 4 aromatic rings. The number of piperazine rings is 1. The lowest BCUT2D eigenvalue weighted by Gasteiger charge is -2.35. The molecule has 5 rings (SSSR count). The van der Waals surface area contributed by atoms with Gasteiger partial charge >= 0.3 is 0 Å². The van der Waals surface area contributed by atoms with E-state index in [0.717, 1.165) is 54.2 Å². The molecule has 3 N–H and O–H groups in total. The van der Waals surface area contributed by atoms with Crippen LogP contribution in [0.1, 0.15) is 11.3 Å². The van der Waals surface area contributed by atoms with E-state index >= 15 is 0 Å². The quantitative estimate of drug-likeness (QED) is 0.359. The van der Waals surface area contributed by atoms with Crippen molar-refractivity contribution in [3.8, 4) is 6.07 Å². The van der Waals surface area contributed by atoms with Gasteiger partial charge in [0.25, 0.3) is 0 Å². The molecule has 1 aliphatic rings. The maximum absolute atomic E-state index is 13.7. The highest BCUT2D eigenvalue weighted by Gasteiger charge is 2.20. The van der Waals surface area contributed by atoms with Crippen molar-refractivity contribution < 1.29 is 4.39 Å². The van der Waals surface area contributed by atoms with Crippen molar-refractivity contribution in [1.29, 1.82) is 5.26 Å². The Hall–Kier alpha value is -3.87. The summed E-state index contributed by atoms with van der Waals surface area (Å²) >= 11 is 5.98. The molecule has 0 unspecified atom stereocenters. The van der Waals surface area contributed by atoms with Crippen LogP contribution in [0.4, 0.5) is 27.1 Å². The minimum absolute atomic E-state index is 0.00568. The number of anilines is 4. The van der Waals surface area contributed by atoms with E-state index in [1.54, 1.807) is 24.8 Å². The van der Waals surface area contributed by atoms with Crippen LogP contribution in [0.3, 0.4) is 0 Å². The number of imidazole rings is 1. The minimum atomic E-state index is -0.501. The third-order valence-electron chi connectivity index (χ3n) is 6.16. The zero-order valence-corrected chi connectivity index (χ0v) is 19.9. The standard InChI is InChI=1S/C25H24ClFN8/c1-34-4-6-35(7-5-34)24-10-22-19(9-23(24)31-14-18-13-29-15-32-18)25(16(11-28)12-30-22)33-17-2-3-21(27)20(26)8-17/h2-3,8-10,12-13,15,31H,4-7,14H2,1H3,(H,29,32)(H,30,33). The van der Waals surface area contributed by atoms with Gasteiger partial charge in [0.05, 0.1) is 51.7 Å². The molecule has 0 atom stereocenters. The lowest BCUT2D eigenvalue weighted by molar-refractivity contribution is 0.313. The Balaban J connectivity index is 1.60. The molecule has 0 saturated carbocycles. The number of aromatic amines is 1. The van der Waals surface area contributed by atoms with Crippen molar-refractivity contribution in [1.82, 2.24) is 19.9 Å². The molecule has 0 aliphatic carbocycles. The number of likely N-dealkylation sites (N-methyl/N-ethyl adjacent to an activating group) is 1. The summed E-state index contributed by atoms with van der Waals surface area (Å²) in [5.41, 5.74) is 5.24. The Kier molecular flexibility index (Phi) is 6.40. The number of halogens is 2. The van der Waals surface area contributed by atoms with Gasteiger partial charge in [-0.2, -0.15) is 5.26 Å². The van der Waals surface area contributed by atoms with Gasteiger partial charge in [0.1, 0.15) is 11.9 Å². The SMILES string of the molecule is CN1CCN(c2cc3ncc(C#N)c(Nc4ccc(F)c(Cl)c4)c3cc2NCc2cnc[nH]2)CC1. The zero-order chi connectivity index (χ0) is 24.4. The molecular formula is C25H24ClFN8. The Morgan fingerprint density at radius 3 is 2.71 bits per heavy atom. The van der Waals surface area contributed by atoms with Gasteiger partial charge < -0.3 is 25.4 Å². The minimum Gasteiger partial charge on any atom is -0.378 e. The molecule has 0 radical (unpaired) electrons. The highest BCUT2D eigenvalue weighted by Crippen LogP contribution is 2.37. The van der Waals surface area contributed by atoms with Gasteiger partial charge in [-0.1, -0.05) is 11.6 Å². The molecular weight excluding hydrogens is 467 g/mol.